The molecule has 7 heteroatoms. The number of nitrogens with zero attached hydrogens (tertiary/aromatic N) is 2. The monoisotopic (exact) mass is 428 g/mol. The van der Waals surface area contributed by atoms with Crippen LogP contribution in [0.15, 0.2) is 90.0 Å². The van der Waals surface area contributed by atoms with E-state index >= 15 is 0 Å². The van der Waals surface area contributed by atoms with Gasteiger partial charge >= 0.3 is 6.18 Å². The molecule has 152 valence electrons. The van der Waals surface area contributed by atoms with Crippen LogP contribution in [0, 0.1) is 0 Å². The van der Waals surface area contributed by atoms with Crippen LogP contribution in [0.2, 0.25) is 0 Å². The van der Waals surface area contributed by atoms with Gasteiger partial charge in [0, 0.05) is 12.0 Å². The maximum Gasteiger partial charge on any atom is 0.416 e. The molecule has 1 aliphatic rings. The summed E-state index contributed by atoms with van der Waals surface area (Å²) in [6.07, 6.45) is -4.43. The second-order valence-corrected chi connectivity index (χ2v) is 7.58. The Kier molecular flexibility index (Phi) is 5.12. The van der Waals surface area contributed by atoms with Crippen molar-refractivity contribution in [3.05, 3.63) is 102 Å². The van der Waals surface area contributed by atoms with E-state index in [9.17, 15) is 18.0 Å². The van der Waals surface area contributed by atoms with Crippen molar-refractivity contribution in [2.45, 2.75) is 17.5 Å². The lowest BCUT2D eigenvalue weighted by Crippen LogP contribution is -2.43. The summed E-state index contributed by atoms with van der Waals surface area (Å²) < 4.78 is 38.6. The standard InChI is InChI=1S/C23H16ClF3N2O/c24-22(15-16-11-13-18(14-12-16)23(25,26)27)20(17-7-3-1-4-8-17)28-29(21(22)30)19-9-5-2-6-10-19/h1-14H,15H2/t22-/m1/s1. The first-order chi connectivity index (χ1) is 14.3. The zero-order chi connectivity index (χ0) is 21.4. The molecule has 1 amide bonds. The van der Waals surface area contributed by atoms with Crippen molar-refractivity contribution < 1.29 is 18.0 Å². The number of amides is 1. The SMILES string of the molecule is O=C1N(c2ccccc2)N=C(c2ccccc2)[C@]1(Cl)Cc1ccc(C(F)(F)F)cc1. The molecule has 3 aromatic carbocycles. The number of benzene rings is 3. The van der Waals surface area contributed by atoms with Crippen molar-refractivity contribution in [2.24, 2.45) is 5.10 Å². The van der Waals surface area contributed by atoms with E-state index in [2.05, 4.69) is 5.10 Å². The van der Waals surface area contributed by atoms with Crippen LogP contribution in [0.4, 0.5) is 18.9 Å². The van der Waals surface area contributed by atoms with Crippen molar-refractivity contribution in [3.8, 4) is 0 Å². The number of para-hydroxylation sites is 1. The highest BCUT2D eigenvalue weighted by Crippen LogP contribution is 2.37. The Morgan fingerprint density at radius 3 is 2.00 bits per heavy atom. The second kappa shape index (κ2) is 7.61. The summed E-state index contributed by atoms with van der Waals surface area (Å²) in [7, 11) is 0. The minimum absolute atomic E-state index is 0.00257. The molecule has 0 unspecified atom stereocenters. The third-order valence-electron chi connectivity index (χ3n) is 4.88. The van der Waals surface area contributed by atoms with Gasteiger partial charge in [-0.3, -0.25) is 4.79 Å². The number of rotatable bonds is 4. The lowest BCUT2D eigenvalue weighted by atomic mass is 9.89. The number of carbonyl (C=O) groups is 1. The molecule has 1 atom stereocenters. The van der Waals surface area contributed by atoms with Crippen molar-refractivity contribution >= 4 is 28.9 Å². The Hall–Kier alpha value is -3.12. The summed E-state index contributed by atoms with van der Waals surface area (Å²) in [6.45, 7) is 0. The molecule has 0 aliphatic carbocycles. The minimum atomic E-state index is -4.43. The fraction of sp³-hybridized carbons (Fsp3) is 0.130. The Labute approximate surface area is 176 Å². The molecule has 0 saturated carbocycles. The first kappa shape index (κ1) is 20.2. The molecule has 0 saturated heterocycles. The van der Waals surface area contributed by atoms with E-state index in [0.717, 1.165) is 12.1 Å². The van der Waals surface area contributed by atoms with Crippen LogP contribution >= 0.6 is 11.6 Å². The van der Waals surface area contributed by atoms with E-state index in [0.29, 0.717) is 22.5 Å². The normalized spacial score (nSPS) is 19.1. The lowest BCUT2D eigenvalue weighted by Gasteiger charge is -2.23. The van der Waals surface area contributed by atoms with E-state index in [4.69, 9.17) is 11.6 Å². The van der Waals surface area contributed by atoms with Gasteiger partial charge in [0.25, 0.3) is 5.91 Å². The van der Waals surface area contributed by atoms with E-state index in [1.54, 1.807) is 36.4 Å². The first-order valence-electron chi connectivity index (χ1n) is 9.18. The summed E-state index contributed by atoms with van der Waals surface area (Å²) in [5.74, 6) is -0.450. The van der Waals surface area contributed by atoms with Crippen molar-refractivity contribution in [2.75, 3.05) is 5.01 Å². The van der Waals surface area contributed by atoms with Gasteiger partial charge in [-0.05, 0) is 29.8 Å². The molecule has 4 rings (SSSR count). The van der Waals surface area contributed by atoms with Gasteiger partial charge in [0.2, 0.25) is 0 Å². The molecule has 1 heterocycles. The number of hydrazone groups is 1. The smallest absolute Gasteiger partial charge is 0.270 e. The van der Waals surface area contributed by atoms with Crippen LogP contribution in [0.25, 0.3) is 0 Å². The average molecular weight is 429 g/mol. The van der Waals surface area contributed by atoms with Crippen molar-refractivity contribution in [1.29, 1.82) is 0 Å². The van der Waals surface area contributed by atoms with Crippen LogP contribution in [0.3, 0.4) is 0 Å². The molecule has 3 aromatic rings. The van der Waals surface area contributed by atoms with Crippen LogP contribution < -0.4 is 5.01 Å². The Morgan fingerprint density at radius 1 is 0.867 bits per heavy atom. The van der Waals surface area contributed by atoms with Crippen LogP contribution in [0.1, 0.15) is 16.7 Å². The van der Waals surface area contributed by atoms with Gasteiger partial charge in [-0.15, -0.1) is 11.6 Å². The van der Waals surface area contributed by atoms with Gasteiger partial charge in [-0.25, -0.2) is 0 Å². The van der Waals surface area contributed by atoms with Crippen LogP contribution in [0.5, 0.6) is 0 Å². The lowest BCUT2D eigenvalue weighted by molar-refractivity contribution is -0.137. The molecule has 0 aromatic heterocycles. The van der Waals surface area contributed by atoms with Crippen molar-refractivity contribution in [1.82, 2.24) is 0 Å². The van der Waals surface area contributed by atoms with Crippen LogP contribution in [-0.2, 0) is 17.4 Å². The first-order valence-corrected chi connectivity index (χ1v) is 9.56. The molecule has 0 N–H and O–H groups in total. The van der Waals surface area contributed by atoms with Gasteiger partial charge in [-0.1, -0.05) is 60.7 Å². The van der Waals surface area contributed by atoms with Gasteiger partial charge in [0.05, 0.1) is 17.0 Å². The van der Waals surface area contributed by atoms with Crippen molar-refractivity contribution in [3.63, 3.8) is 0 Å². The zero-order valence-electron chi connectivity index (χ0n) is 15.6. The van der Waals surface area contributed by atoms with Gasteiger partial charge in [-0.2, -0.15) is 23.3 Å². The average Bonchev–Trinajstić information content (AvgIpc) is 3.00. The maximum atomic E-state index is 13.3. The van der Waals surface area contributed by atoms with Gasteiger partial charge in [0.1, 0.15) is 0 Å². The maximum absolute atomic E-state index is 13.3. The quantitative estimate of drug-likeness (QED) is 0.492. The van der Waals surface area contributed by atoms with Crippen LogP contribution in [-0.4, -0.2) is 16.5 Å². The van der Waals surface area contributed by atoms with E-state index in [1.165, 1.54) is 17.1 Å². The number of anilines is 1. The fourth-order valence-electron chi connectivity index (χ4n) is 3.37. The molecular formula is C23H16ClF3N2O. The van der Waals surface area contributed by atoms with E-state index in [1.807, 2.05) is 24.3 Å². The number of carbonyl (C=O) groups excluding carboxylic acids is 1. The predicted octanol–water partition coefficient (Wildman–Crippen LogP) is 5.68. The van der Waals surface area contributed by atoms with E-state index < -0.39 is 22.5 Å². The molecule has 0 fully saturated rings. The molecule has 30 heavy (non-hydrogen) atoms. The Balaban J connectivity index is 1.74. The Bertz CT molecular complexity index is 1080. The third kappa shape index (κ3) is 3.71. The third-order valence-corrected chi connectivity index (χ3v) is 5.36. The Morgan fingerprint density at radius 2 is 1.43 bits per heavy atom. The summed E-state index contributed by atoms with van der Waals surface area (Å²) in [4.78, 5) is 11.8. The largest absolute Gasteiger partial charge is 0.416 e. The highest BCUT2D eigenvalue weighted by Gasteiger charge is 2.50. The number of hydrogen-bond acceptors (Lipinski definition) is 2. The molecule has 0 radical (unpaired) electrons. The zero-order valence-corrected chi connectivity index (χ0v) is 16.4. The molecular weight excluding hydrogens is 413 g/mol. The van der Waals surface area contributed by atoms with Gasteiger partial charge < -0.3 is 0 Å². The number of hydrogen-bond donors (Lipinski definition) is 0. The highest BCUT2D eigenvalue weighted by molar-refractivity contribution is 6.53. The summed E-state index contributed by atoms with van der Waals surface area (Å²) in [6, 6.07) is 22.6. The second-order valence-electron chi connectivity index (χ2n) is 6.94. The number of halogens is 4. The predicted molar refractivity (Wildman–Crippen MR) is 111 cm³/mol. The van der Waals surface area contributed by atoms with Gasteiger partial charge in [0.15, 0.2) is 4.87 Å². The molecule has 1 aliphatic heterocycles. The molecule has 3 nitrogen and oxygen atoms in total. The topological polar surface area (TPSA) is 32.7 Å². The fourth-order valence-corrected chi connectivity index (χ4v) is 3.75. The molecule has 0 spiro atoms. The summed E-state index contributed by atoms with van der Waals surface area (Å²) in [5.41, 5.74) is 1.34. The number of alkyl halides is 4. The minimum Gasteiger partial charge on any atom is -0.270 e. The van der Waals surface area contributed by atoms with E-state index in [-0.39, 0.29) is 6.42 Å². The summed E-state index contributed by atoms with van der Waals surface area (Å²) in [5, 5.41) is 5.75. The summed E-state index contributed by atoms with van der Waals surface area (Å²) >= 11 is 6.89. The highest BCUT2D eigenvalue weighted by atomic mass is 35.5. The molecule has 0 bridgehead atoms.